The van der Waals surface area contributed by atoms with Crippen molar-refractivity contribution in [2.75, 3.05) is 24.7 Å². The molecule has 0 saturated carbocycles. The summed E-state index contributed by atoms with van der Waals surface area (Å²) in [6.45, 7) is 8.44. The topological polar surface area (TPSA) is 115 Å². The van der Waals surface area contributed by atoms with Gasteiger partial charge in [-0.3, -0.25) is 14.5 Å². The number of hydrogen-bond acceptors (Lipinski definition) is 9. The molecule has 5 rings (SSSR count). The van der Waals surface area contributed by atoms with E-state index in [0.29, 0.717) is 41.5 Å². The van der Waals surface area contributed by atoms with Gasteiger partial charge in [-0.2, -0.15) is 0 Å². The molecule has 1 unspecified atom stereocenters. The zero-order valence-electron chi connectivity index (χ0n) is 22.0. The summed E-state index contributed by atoms with van der Waals surface area (Å²) in [4.78, 5) is 45.4. The standard InChI is InChI=1S/C29H28N2O7S/c1-5-36-28(35)26-16(4)30-29(39-26)31-23(18-8-6-17(7-9-18)15(2)3)22(25(33)27(31)34)24(32)19-10-11-20-21(14-19)38-13-12-37-20/h6-11,14-15,23,32H,5,12-13H2,1-4H3/b24-22-. The number of esters is 1. The smallest absolute Gasteiger partial charge is 0.350 e. The largest absolute Gasteiger partial charge is 0.507 e. The van der Waals surface area contributed by atoms with Gasteiger partial charge in [0.2, 0.25) is 0 Å². The van der Waals surface area contributed by atoms with Gasteiger partial charge in [0.1, 0.15) is 23.9 Å². The van der Waals surface area contributed by atoms with Crippen LogP contribution in [-0.4, -0.2) is 47.6 Å². The molecule has 1 fully saturated rings. The average Bonchev–Trinajstić information content (AvgIpc) is 3.44. The van der Waals surface area contributed by atoms with E-state index in [-0.39, 0.29) is 33.9 Å². The van der Waals surface area contributed by atoms with Crippen molar-refractivity contribution in [2.24, 2.45) is 0 Å². The summed E-state index contributed by atoms with van der Waals surface area (Å²) in [5, 5.41) is 11.6. The van der Waals surface area contributed by atoms with Gasteiger partial charge in [0.25, 0.3) is 5.78 Å². The maximum Gasteiger partial charge on any atom is 0.350 e. The van der Waals surface area contributed by atoms with E-state index in [1.54, 1.807) is 32.0 Å². The molecule has 1 atom stereocenters. The molecule has 10 heteroatoms. The van der Waals surface area contributed by atoms with Gasteiger partial charge in [-0.05, 0) is 49.1 Å². The number of Topliss-reactive ketones (excluding diaryl/α,β-unsaturated/α-hetero) is 1. The van der Waals surface area contributed by atoms with Gasteiger partial charge in [0.15, 0.2) is 16.6 Å². The summed E-state index contributed by atoms with van der Waals surface area (Å²) in [6.07, 6.45) is 0. The molecule has 0 radical (unpaired) electrons. The van der Waals surface area contributed by atoms with Crippen molar-refractivity contribution in [3.8, 4) is 11.5 Å². The molecule has 0 spiro atoms. The third-order valence-corrected chi connectivity index (χ3v) is 7.77. The van der Waals surface area contributed by atoms with E-state index >= 15 is 0 Å². The fraction of sp³-hybridized carbons (Fsp3) is 0.310. The van der Waals surface area contributed by atoms with Gasteiger partial charge in [-0.1, -0.05) is 49.4 Å². The van der Waals surface area contributed by atoms with Crippen molar-refractivity contribution in [3.05, 3.63) is 75.3 Å². The van der Waals surface area contributed by atoms with Crippen LogP contribution in [0.5, 0.6) is 11.5 Å². The van der Waals surface area contributed by atoms with Crippen LogP contribution in [0.4, 0.5) is 5.13 Å². The van der Waals surface area contributed by atoms with E-state index in [2.05, 4.69) is 18.8 Å². The van der Waals surface area contributed by atoms with E-state index in [4.69, 9.17) is 14.2 Å². The number of nitrogens with zero attached hydrogens (tertiary/aromatic N) is 2. The summed E-state index contributed by atoms with van der Waals surface area (Å²) >= 11 is 0.972. The first-order valence-corrected chi connectivity index (χ1v) is 13.5. The highest BCUT2D eigenvalue weighted by Gasteiger charge is 2.48. The number of ether oxygens (including phenoxy) is 3. The molecule has 2 aliphatic rings. The normalized spacial score (nSPS) is 18.1. The summed E-state index contributed by atoms with van der Waals surface area (Å²) in [5.41, 5.74) is 2.31. The van der Waals surface area contributed by atoms with E-state index in [1.165, 1.54) is 4.90 Å². The SMILES string of the molecule is CCOC(=O)c1sc(N2C(=O)C(=O)/C(=C(\O)c3ccc4c(c3)OCCO4)C2c2ccc(C(C)C)cc2)nc1C. The maximum atomic E-state index is 13.5. The van der Waals surface area contributed by atoms with Crippen LogP contribution in [-0.2, 0) is 14.3 Å². The number of aliphatic hydroxyl groups is 1. The van der Waals surface area contributed by atoms with E-state index in [1.807, 2.05) is 24.3 Å². The summed E-state index contributed by atoms with van der Waals surface area (Å²) in [5.74, 6) is -1.36. The third-order valence-electron chi connectivity index (χ3n) is 6.63. The molecule has 0 aliphatic carbocycles. The van der Waals surface area contributed by atoms with Crippen LogP contribution in [0.1, 0.15) is 64.8 Å². The highest BCUT2D eigenvalue weighted by molar-refractivity contribution is 7.17. The van der Waals surface area contributed by atoms with Gasteiger partial charge >= 0.3 is 11.9 Å². The van der Waals surface area contributed by atoms with Crippen LogP contribution in [0, 0.1) is 6.92 Å². The monoisotopic (exact) mass is 548 g/mol. The first-order chi connectivity index (χ1) is 18.7. The Morgan fingerprint density at radius 3 is 2.49 bits per heavy atom. The maximum absolute atomic E-state index is 13.5. The fourth-order valence-corrected chi connectivity index (χ4v) is 5.61. The van der Waals surface area contributed by atoms with Crippen molar-refractivity contribution < 1.29 is 33.7 Å². The van der Waals surface area contributed by atoms with Crippen LogP contribution in [0.25, 0.3) is 5.76 Å². The molecule has 0 bridgehead atoms. The number of thiazole rings is 1. The number of fused-ring (bicyclic) bond motifs is 1. The number of aryl methyl sites for hydroxylation is 1. The lowest BCUT2D eigenvalue weighted by Gasteiger charge is -2.24. The average molecular weight is 549 g/mol. The summed E-state index contributed by atoms with van der Waals surface area (Å²) in [6, 6.07) is 11.4. The van der Waals surface area contributed by atoms with Gasteiger partial charge in [0, 0.05) is 5.56 Å². The second-order valence-electron chi connectivity index (χ2n) is 9.48. The van der Waals surface area contributed by atoms with Gasteiger partial charge < -0.3 is 19.3 Å². The fourth-order valence-electron chi connectivity index (χ4n) is 4.63. The molecule has 1 aromatic heterocycles. The molecule has 1 N–H and O–H groups in total. The molecule has 1 amide bonds. The first-order valence-electron chi connectivity index (χ1n) is 12.7. The van der Waals surface area contributed by atoms with Crippen molar-refractivity contribution in [1.82, 2.24) is 4.98 Å². The van der Waals surface area contributed by atoms with E-state index in [9.17, 15) is 19.5 Å². The lowest BCUT2D eigenvalue weighted by Crippen LogP contribution is -2.29. The lowest BCUT2D eigenvalue weighted by molar-refractivity contribution is -0.132. The number of aliphatic hydroxyl groups excluding tert-OH is 1. The second kappa shape index (κ2) is 10.5. The Kier molecular flexibility index (Phi) is 7.14. The number of ketones is 1. The third kappa shape index (κ3) is 4.76. The van der Waals surface area contributed by atoms with Gasteiger partial charge in [0.05, 0.1) is 23.9 Å². The molecule has 39 heavy (non-hydrogen) atoms. The molecule has 2 aromatic carbocycles. The van der Waals surface area contributed by atoms with Crippen LogP contribution >= 0.6 is 11.3 Å². The van der Waals surface area contributed by atoms with Crippen molar-refractivity contribution >= 4 is 39.9 Å². The Bertz CT molecular complexity index is 1490. The number of aromatic nitrogens is 1. The number of anilines is 1. The predicted octanol–water partition coefficient (Wildman–Crippen LogP) is 5.15. The molecular formula is C29H28N2O7S. The van der Waals surface area contributed by atoms with Gasteiger partial charge in [-0.25, -0.2) is 9.78 Å². The van der Waals surface area contributed by atoms with Crippen LogP contribution < -0.4 is 14.4 Å². The zero-order valence-corrected chi connectivity index (χ0v) is 22.8. The van der Waals surface area contributed by atoms with Crippen LogP contribution in [0.3, 0.4) is 0 Å². The molecule has 9 nitrogen and oxygen atoms in total. The Labute approximate surface area is 229 Å². The minimum atomic E-state index is -0.972. The lowest BCUT2D eigenvalue weighted by atomic mass is 9.93. The highest BCUT2D eigenvalue weighted by Crippen LogP contribution is 2.45. The zero-order chi connectivity index (χ0) is 27.8. The Morgan fingerprint density at radius 1 is 1.13 bits per heavy atom. The predicted molar refractivity (Wildman–Crippen MR) is 146 cm³/mol. The van der Waals surface area contributed by atoms with Crippen molar-refractivity contribution in [3.63, 3.8) is 0 Å². The highest BCUT2D eigenvalue weighted by atomic mass is 32.1. The molecule has 3 aromatic rings. The molecule has 1 saturated heterocycles. The summed E-state index contributed by atoms with van der Waals surface area (Å²) < 4.78 is 16.4. The van der Waals surface area contributed by atoms with Crippen molar-refractivity contribution in [2.45, 2.75) is 39.7 Å². The second-order valence-corrected chi connectivity index (χ2v) is 10.5. The van der Waals surface area contributed by atoms with Crippen LogP contribution in [0.15, 0.2) is 48.0 Å². The Morgan fingerprint density at radius 2 is 1.82 bits per heavy atom. The Hall–Kier alpha value is -4.18. The number of amides is 1. The van der Waals surface area contributed by atoms with E-state index in [0.717, 1.165) is 16.9 Å². The number of rotatable bonds is 6. The van der Waals surface area contributed by atoms with Crippen LogP contribution in [0.2, 0.25) is 0 Å². The summed E-state index contributed by atoms with van der Waals surface area (Å²) in [7, 11) is 0. The first kappa shape index (κ1) is 26.4. The Balaban J connectivity index is 1.66. The number of carbonyl (C=O) groups is 3. The number of benzene rings is 2. The minimum Gasteiger partial charge on any atom is -0.507 e. The number of hydrogen-bond donors (Lipinski definition) is 1. The molecule has 202 valence electrons. The number of carbonyl (C=O) groups excluding carboxylic acids is 3. The molecule has 3 heterocycles. The molecular weight excluding hydrogens is 520 g/mol. The minimum absolute atomic E-state index is 0.0838. The quantitative estimate of drug-likeness (QED) is 0.195. The van der Waals surface area contributed by atoms with E-state index < -0.39 is 23.7 Å². The van der Waals surface area contributed by atoms with Gasteiger partial charge in [-0.15, -0.1) is 0 Å². The molecule has 2 aliphatic heterocycles. The van der Waals surface area contributed by atoms with Crippen molar-refractivity contribution in [1.29, 1.82) is 0 Å².